The second-order valence-electron chi connectivity index (χ2n) is 28.6. The molecule has 0 aliphatic carbocycles. The van der Waals surface area contributed by atoms with E-state index in [1.807, 2.05) is 150 Å². The Balaban J connectivity index is 0.000000450. The SMILES string of the molecule is CC(N)C(O)c1ccc(O)cc1.CN(CCO)Cc1ccccc1.CN(Cc1ccccc1)CC(O)CCO.CNC(C)C(O)c1ccccc1.COc1ccc(N)cc1O.Cc1ccc(CO)cc1N.Cc1ccc(O)c(CN2CCCCC2)c1.NC(CO)C(O)c1ccccc1.NCC(O)c1cccc(O)c1.NCCc1ccc(O)cc1. The van der Waals surface area contributed by atoms with Crippen LogP contribution < -0.4 is 44.5 Å². The maximum absolute atomic E-state index is 9.74. The molecule has 1 saturated heterocycles. The number of phenols is 5. The van der Waals surface area contributed by atoms with Crippen molar-refractivity contribution in [1.29, 1.82) is 0 Å². The highest BCUT2D eigenvalue weighted by molar-refractivity contribution is 5.51. The van der Waals surface area contributed by atoms with E-state index in [0.717, 1.165) is 71.7 Å². The zero-order valence-corrected chi connectivity index (χ0v) is 70.5. The van der Waals surface area contributed by atoms with E-state index in [9.17, 15) is 30.6 Å². The minimum absolute atomic E-state index is 0.0420. The topological polar surface area (TPSA) is 470 Å². The predicted octanol–water partition coefficient (Wildman–Crippen LogP) is 10.1. The molecule has 1 heterocycles. The van der Waals surface area contributed by atoms with Crippen LogP contribution in [0.5, 0.6) is 34.5 Å². The number of hydrogen-bond donors (Lipinski definition) is 21. The van der Waals surface area contributed by atoms with Gasteiger partial charge in [-0.3, -0.25) is 14.7 Å². The summed E-state index contributed by atoms with van der Waals surface area (Å²) in [4.78, 5) is 6.57. The molecule has 1 aliphatic heterocycles. The molecule has 25 nitrogen and oxygen atoms in total. The summed E-state index contributed by atoms with van der Waals surface area (Å²) < 4.78 is 4.79. The summed E-state index contributed by atoms with van der Waals surface area (Å²) in [5, 5.41) is 131. The monoisotopic (exact) mass is 1650 g/mol. The number of ether oxygens (including phenoxy) is 1. The minimum atomic E-state index is -0.781. The van der Waals surface area contributed by atoms with Crippen LogP contribution in [0.25, 0.3) is 0 Å². The Morgan fingerprint density at radius 3 is 1.48 bits per heavy atom. The standard InChI is InChI=1S/C13H19NO.C12H19NO2.2C10H15NO.2C9H13NO2.C8H11NO2.2C8H11NO.C7H9NO2/c1-11-5-6-13(15)12(9-11)10-14-7-3-2-4-8-14;1-13(10-12(15)7-8-14)9-11-5-3-2-4-6-11;1-8(11-2)10(12)9-6-4-3-5-7-9;1-11(7-8-12)9-10-5-3-2-4-6-10;1-6(10)9(12)7-2-4-8(11)5-3-7;10-8(6-11)9(12)7-4-2-1-3-5-7;9-5-8(11)6-2-1-3-7(10)4-6;1-6-2-3-7(5-10)4-8(6)9;9-6-5-7-1-3-8(10)4-2-7;1-10-7-3-2-5(8)4-6(7)9/h5-6,9,15H,2-4,7-8,10H2,1H3;2-6,12,14-15H,7-10H2,1H3;3-8,10-12H,1-2H3;2-6,12H,7-9H2,1H3;2-6,9,11-12H,10H2,1H3;1-5,8-9,11-12H,6,10H2;1-4,8,10-11H,5,9H2;2-4,10H,5,9H2,1H3;1-4,10H,5-6,9H2;2-4,9H,8H2,1H3. The number of likely N-dealkylation sites (tertiary alicyclic amines) is 1. The van der Waals surface area contributed by atoms with Gasteiger partial charge in [0.05, 0.1) is 63.5 Å². The number of nitrogens with one attached hydrogen (secondary N) is 1. The molecule has 1 aliphatic rings. The average Bonchev–Trinajstić information content (AvgIpc) is 0.863. The third kappa shape index (κ3) is 46.2. The van der Waals surface area contributed by atoms with Crippen molar-refractivity contribution in [1.82, 2.24) is 20.0 Å². The summed E-state index contributed by atoms with van der Waals surface area (Å²) in [6, 6.07) is 74.3. The predicted molar refractivity (Wildman–Crippen MR) is 479 cm³/mol. The Kier molecular flexibility index (Phi) is 54.8. The van der Waals surface area contributed by atoms with Gasteiger partial charge < -0.3 is 116 Å². The summed E-state index contributed by atoms with van der Waals surface area (Å²) >= 11 is 0. The summed E-state index contributed by atoms with van der Waals surface area (Å²) in [5.41, 5.74) is 44.7. The molecule has 0 spiro atoms. The Morgan fingerprint density at radius 1 is 0.496 bits per heavy atom. The number of aliphatic hydroxyl groups is 9. The maximum Gasteiger partial charge on any atom is 0.160 e. The lowest BCUT2D eigenvalue weighted by molar-refractivity contribution is 0.0950. The second-order valence-corrected chi connectivity index (χ2v) is 28.6. The van der Waals surface area contributed by atoms with Crippen molar-refractivity contribution in [3.8, 4) is 34.5 Å². The largest absolute Gasteiger partial charge is 0.508 e. The first-order valence-corrected chi connectivity index (χ1v) is 39.8. The number of nitrogens with zero attached hydrogens (tertiary/aromatic N) is 3. The summed E-state index contributed by atoms with van der Waals surface area (Å²) in [6.07, 6.45) is 2.29. The van der Waals surface area contributed by atoms with Crippen LogP contribution in [0.2, 0.25) is 0 Å². The molecular weight excluding hydrogens is 1510 g/mol. The summed E-state index contributed by atoms with van der Waals surface area (Å²) in [6.45, 7) is 14.9. The molecule has 25 heteroatoms. The van der Waals surface area contributed by atoms with Crippen LogP contribution in [0.15, 0.2) is 249 Å². The average molecular weight is 1650 g/mol. The van der Waals surface area contributed by atoms with Crippen LogP contribution in [-0.4, -0.2) is 198 Å². The third-order valence-electron chi connectivity index (χ3n) is 18.3. The van der Waals surface area contributed by atoms with Gasteiger partial charge in [0.1, 0.15) is 23.0 Å². The van der Waals surface area contributed by atoms with E-state index in [2.05, 4.69) is 57.3 Å². The second kappa shape index (κ2) is 62.1. The van der Waals surface area contributed by atoms with Gasteiger partial charge in [0, 0.05) is 81.0 Å². The van der Waals surface area contributed by atoms with Crippen LogP contribution in [0.3, 0.4) is 0 Å². The molecular formula is C94H136N10O15. The first-order valence-electron chi connectivity index (χ1n) is 39.8. The van der Waals surface area contributed by atoms with Crippen molar-refractivity contribution in [2.75, 3.05) is 98.8 Å². The minimum Gasteiger partial charge on any atom is -0.508 e. The fourth-order valence-corrected chi connectivity index (χ4v) is 11.2. The number of piperidine rings is 1. The van der Waals surface area contributed by atoms with Gasteiger partial charge in [-0.25, -0.2) is 0 Å². The highest BCUT2D eigenvalue weighted by Gasteiger charge is 2.17. The number of aliphatic hydroxyl groups excluding tert-OH is 9. The lowest BCUT2D eigenvalue weighted by Crippen LogP contribution is -2.31. The van der Waals surface area contributed by atoms with Gasteiger partial charge in [-0.15, -0.1) is 0 Å². The quantitative estimate of drug-likeness (QED) is 0.0224. The molecule has 8 unspecified atom stereocenters. The van der Waals surface area contributed by atoms with Gasteiger partial charge in [-0.1, -0.05) is 194 Å². The molecule has 1 fully saturated rings. The Morgan fingerprint density at radius 2 is 1.01 bits per heavy atom. The van der Waals surface area contributed by atoms with E-state index in [1.54, 1.807) is 85.8 Å². The van der Waals surface area contributed by atoms with Crippen LogP contribution in [-0.2, 0) is 32.7 Å². The highest BCUT2D eigenvalue weighted by atomic mass is 16.5. The molecule has 0 aromatic heterocycles. The van der Waals surface area contributed by atoms with E-state index >= 15 is 0 Å². The van der Waals surface area contributed by atoms with E-state index in [4.69, 9.17) is 80.0 Å². The van der Waals surface area contributed by atoms with Gasteiger partial charge in [0.2, 0.25) is 0 Å². The number of aromatic hydroxyl groups is 5. The molecule has 27 N–H and O–H groups in total. The fraction of sp³-hybridized carbons (Fsp3) is 0.362. The third-order valence-corrected chi connectivity index (χ3v) is 18.3. The van der Waals surface area contributed by atoms with Crippen molar-refractivity contribution in [3.05, 3.63) is 310 Å². The van der Waals surface area contributed by atoms with Gasteiger partial charge >= 0.3 is 0 Å². The van der Waals surface area contributed by atoms with E-state index in [1.165, 1.54) is 86.0 Å². The smallest absolute Gasteiger partial charge is 0.160 e. The molecule has 0 bridgehead atoms. The molecule has 0 saturated carbocycles. The number of nitrogen functional groups attached to an aromatic ring is 2. The Bertz CT molecular complexity index is 4120. The van der Waals surface area contributed by atoms with Crippen molar-refractivity contribution in [2.24, 2.45) is 22.9 Å². The van der Waals surface area contributed by atoms with Crippen molar-refractivity contribution in [2.45, 2.75) is 135 Å². The maximum atomic E-state index is 9.74. The number of phenolic OH excluding ortho intramolecular Hbond substituents is 5. The lowest BCUT2D eigenvalue weighted by Gasteiger charge is -2.26. The lowest BCUT2D eigenvalue weighted by atomic mass is 10.0. The van der Waals surface area contributed by atoms with Gasteiger partial charge in [0.15, 0.2) is 11.5 Å². The number of likely N-dealkylation sites (N-methyl/N-ethyl adjacent to an activating group) is 3. The molecule has 11 rings (SSSR count). The zero-order chi connectivity index (χ0) is 88.5. The van der Waals surface area contributed by atoms with Crippen molar-refractivity contribution in [3.63, 3.8) is 0 Å². The van der Waals surface area contributed by atoms with E-state index in [0.29, 0.717) is 48.0 Å². The number of benzene rings is 10. The zero-order valence-electron chi connectivity index (χ0n) is 70.5. The Hall–Kier alpha value is -10.1. The summed E-state index contributed by atoms with van der Waals surface area (Å²) in [7, 11) is 7.30. The normalized spacial score (nSPS) is 13.3. The van der Waals surface area contributed by atoms with Gasteiger partial charge in [-0.2, -0.15) is 0 Å². The highest BCUT2D eigenvalue weighted by Crippen LogP contribution is 2.28. The molecule has 0 amide bonds. The van der Waals surface area contributed by atoms with Gasteiger partial charge in [-0.05, 0) is 205 Å². The first kappa shape index (κ1) is 105. The van der Waals surface area contributed by atoms with Crippen LogP contribution in [0.1, 0.15) is 125 Å². The molecule has 652 valence electrons. The van der Waals surface area contributed by atoms with Crippen molar-refractivity contribution < 1.29 is 76.2 Å². The Labute approximate surface area is 705 Å². The number of methoxy groups -OCH3 is 1. The van der Waals surface area contributed by atoms with Crippen molar-refractivity contribution >= 4 is 11.4 Å². The number of rotatable bonds is 26. The van der Waals surface area contributed by atoms with Gasteiger partial charge in [0.25, 0.3) is 0 Å². The molecule has 119 heavy (non-hydrogen) atoms. The fourth-order valence-electron chi connectivity index (χ4n) is 11.2. The van der Waals surface area contributed by atoms with E-state index in [-0.39, 0.29) is 62.3 Å². The molecule has 10 aromatic carbocycles. The molecule has 0 radical (unpaired) electrons. The van der Waals surface area contributed by atoms with E-state index < -0.39 is 36.6 Å². The number of aryl methyl sites for hydroxylation is 2. The number of hydrogen-bond acceptors (Lipinski definition) is 25. The first-order chi connectivity index (χ1) is 56.9. The molecule has 10 aromatic rings. The number of anilines is 2. The number of nitrogens with two attached hydrogens (primary N) is 6. The van der Waals surface area contributed by atoms with Crippen LogP contribution in [0.4, 0.5) is 11.4 Å². The molecule has 8 atom stereocenters. The van der Waals surface area contributed by atoms with Crippen LogP contribution >= 0.6 is 0 Å². The van der Waals surface area contributed by atoms with Crippen LogP contribution in [0, 0.1) is 13.8 Å². The summed E-state index contributed by atoms with van der Waals surface area (Å²) in [5.74, 6) is 1.59.